The first-order chi connectivity index (χ1) is 8.63. The van der Waals surface area contributed by atoms with Gasteiger partial charge < -0.3 is 5.32 Å². The second-order valence-electron chi connectivity index (χ2n) is 4.38. The van der Waals surface area contributed by atoms with Crippen molar-refractivity contribution in [3.8, 4) is 0 Å². The normalized spacial score (nSPS) is 12.7. The zero-order chi connectivity index (χ0) is 13.1. The van der Waals surface area contributed by atoms with E-state index in [-0.39, 0.29) is 6.04 Å². The van der Waals surface area contributed by atoms with E-state index in [1.165, 1.54) is 20.4 Å². The third-order valence-electron chi connectivity index (χ3n) is 3.04. The molecule has 0 saturated heterocycles. The van der Waals surface area contributed by atoms with Gasteiger partial charge in [-0.05, 0) is 59.3 Å². The smallest absolute Gasteiger partial charge is 0.0751 e. The van der Waals surface area contributed by atoms with Crippen molar-refractivity contribution in [1.29, 1.82) is 0 Å². The van der Waals surface area contributed by atoms with Crippen molar-refractivity contribution in [2.75, 3.05) is 6.54 Å². The van der Waals surface area contributed by atoms with Gasteiger partial charge in [-0.15, -0.1) is 0 Å². The molecule has 0 aliphatic rings. The van der Waals surface area contributed by atoms with Crippen LogP contribution in [0.15, 0.2) is 30.5 Å². The Kier molecular flexibility index (Phi) is 4.40. The summed E-state index contributed by atoms with van der Waals surface area (Å²) in [5.41, 5.74) is 3.75. The van der Waals surface area contributed by atoms with Gasteiger partial charge in [-0.3, -0.25) is 4.68 Å². The van der Waals surface area contributed by atoms with E-state index in [1.807, 2.05) is 17.9 Å². The lowest BCUT2D eigenvalue weighted by molar-refractivity contribution is 0.570. The van der Waals surface area contributed by atoms with Gasteiger partial charge in [-0.2, -0.15) is 5.10 Å². The molecule has 1 N–H and O–H groups in total. The number of nitrogens with one attached hydrogen (secondary N) is 1. The minimum Gasteiger partial charge on any atom is -0.305 e. The van der Waals surface area contributed by atoms with Crippen molar-refractivity contribution in [1.82, 2.24) is 15.1 Å². The molecule has 1 aromatic heterocycles. The Labute approximate surface area is 122 Å². The lowest BCUT2D eigenvalue weighted by Crippen LogP contribution is -2.25. The Morgan fingerprint density at radius 1 is 1.44 bits per heavy atom. The van der Waals surface area contributed by atoms with Gasteiger partial charge in [0.1, 0.15) is 0 Å². The van der Waals surface area contributed by atoms with E-state index >= 15 is 0 Å². The van der Waals surface area contributed by atoms with Crippen molar-refractivity contribution in [3.05, 3.63) is 50.9 Å². The lowest BCUT2D eigenvalue weighted by Gasteiger charge is -2.20. The fourth-order valence-corrected chi connectivity index (χ4v) is 2.80. The van der Waals surface area contributed by atoms with E-state index in [0.29, 0.717) is 0 Å². The Balaban J connectivity index is 2.46. The Morgan fingerprint density at radius 2 is 2.22 bits per heavy atom. The van der Waals surface area contributed by atoms with Crippen LogP contribution in [0.2, 0.25) is 0 Å². The quantitative estimate of drug-likeness (QED) is 0.855. The zero-order valence-corrected chi connectivity index (χ0v) is 13.1. The number of aromatic nitrogens is 2. The molecule has 0 saturated carbocycles. The Bertz CT molecular complexity index is 514. The lowest BCUT2D eigenvalue weighted by atomic mass is 10.0. The van der Waals surface area contributed by atoms with E-state index in [4.69, 9.17) is 0 Å². The van der Waals surface area contributed by atoms with Crippen LogP contribution in [0.1, 0.15) is 29.8 Å². The van der Waals surface area contributed by atoms with Crippen LogP contribution in [0.3, 0.4) is 0 Å². The Hall–Kier alpha value is -0.880. The molecular weight excluding hydrogens is 337 g/mol. The highest BCUT2D eigenvalue weighted by Gasteiger charge is 2.19. The van der Waals surface area contributed by atoms with E-state index in [0.717, 1.165) is 6.54 Å². The molecule has 0 radical (unpaired) electrons. The Morgan fingerprint density at radius 3 is 2.78 bits per heavy atom. The molecule has 2 aromatic rings. The minimum atomic E-state index is 0.206. The van der Waals surface area contributed by atoms with Gasteiger partial charge in [0, 0.05) is 10.6 Å². The highest BCUT2D eigenvalue weighted by atomic mass is 127. The van der Waals surface area contributed by atoms with E-state index < -0.39 is 0 Å². The number of halogens is 1. The average Bonchev–Trinajstić information content (AvgIpc) is 2.67. The highest BCUT2D eigenvalue weighted by molar-refractivity contribution is 14.1. The summed E-state index contributed by atoms with van der Waals surface area (Å²) in [6.07, 6.45) is 1.92. The molecule has 1 heterocycles. The van der Waals surface area contributed by atoms with Crippen molar-refractivity contribution < 1.29 is 0 Å². The van der Waals surface area contributed by atoms with Gasteiger partial charge in [0.15, 0.2) is 0 Å². The molecule has 3 nitrogen and oxygen atoms in total. The van der Waals surface area contributed by atoms with Crippen LogP contribution in [-0.4, -0.2) is 16.3 Å². The van der Waals surface area contributed by atoms with Gasteiger partial charge in [-0.1, -0.05) is 19.1 Å². The van der Waals surface area contributed by atoms with Crippen LogP contribution in [0, 0.1) is 10.5 Å². The first-order valence-electron chi connectivity index (χ1n) is 6.10. The molecule has 1 unspecified atom stereocenters. The number of aryl methyl sites for hydroxylation is 2. The summed E-state index contributed by atoms with van der Waals surface area (Å²) in [6.45, 7) is 5.17. The van der Waals surface area contributed by atoms with Gasteiger partial charge >= 0.3 is 0 Å². The molecule has 1 aromatic carbocycles. The van der Waals surface area contributed by atoms with Crippen molar-refractivity contribution >= 4 is 22.6 Å². The summed E-state index contributed by atoms with van der Waals surface area (Å²) in [5.74, 6) is 0. The van der Waals surface area contributed by atoms with Crippen LogP contribution >= 0.6 is 22.6 Å². The second-order valence-corrected chi connectivity index (χ2v) is 5.63. The van der Waals surface area contributed by atoms with Crippen molar-refractivity contribution in [2.45, 2.75) is 19.9 Å². The number of rotatable bonds is 4. The van der Waals surface area contributed by atoms with Crippen LogP contribution in [0.4, 0.5) is 0 Å². The number of hydrogen-bond donors (Lipinski definition) is 1. The van der Waals surface area contributed by atoms with Crippen molar-refractivity contribution in [3.63, 3.8) is 0 Å². The standard InChI is InChI=1S/C14H18IN3/c1-4-16-13(11-6-5-7-12(15)8-11)14-10(2)9-17-18(14)3/h5-9,13,16H,4H2,1-3H3. The molecule has 0 bridgehead atoms. The summed E-state index contributed by atoms with van der Waals surface area (Å²) in [4.78, 5) is 0. The predicted octanol–water partition coefficient (Wildman–Crippen LogP) is 3.03. The molecule has 0 amide bonds. The summed E-state index contributed by atoms with van der Waals surface area (Å²) >= 11 is 2.35. The summed E-state index contributed by atoms with van der Waals surface area (Å²) in [7, 11) is 2.00. The molecule has 2 rings (SSSR count). The van der Waals surface area contributed by atoms with Crippen molar-refractivity contribution in [2.24, 2.45) is 7.05 Å². The molecule has 0 aliphatic heterocycles. The molecule has 0 spiro atoms. The molecule has 1 atom stereocenters. The second kappa shape index (κ2) is 5.84. The fraction of sp³-hybridized carbons (Fsp3) is 0.357. The monoisotopic (exact) mass is 355 g/mol. The van der Waals surface area contributed by atoms with Gasteiger partial charge in [0.2, 0.25) is 0 Å². The highest BCUT2D eigenvalue weighted by Crippen LogP contribution is 2.25. The first-order valence-corrected chi connectivity index (χ1v) is 7.18. The van der Waals surface area contributed by atoms with Crippen LogP contribution in [-0.2, 0) is 7.05 Å². The van der Waals surface area contributed by atoms with Gasteiger partial charge in [0.05, 0.1) is 17.9 Å². The maximum atomic E-state index is 4.34. The molecule has 0 aliphatic carbocycles. The summed E-state index contributed by atoms with van der Waals surface area (Å²) in [5, 5.41) is 7.89. The maximum absolute atomic E-state index is 4.34. The number of hydrogen-bond acceptors (Lipinski definition) is 2. The number of benzene rings is 1. The summed E-state index contributed by atoms with van der Waals surface area (Å²) in [6, 6.07) is 8.82. The van der Waals surface area contributed by atoms with E-state index in [2.05, 4.69) is 71.1 Å². The molecule has 4 heteroatoms. The first kappa shape index (κ1) is 13.5. The minimum absolute atomic E-state index is 0.206. The number of nitrogens with zero attached hydrogens (tertiary/aromatic N) is 2. The van der Waals surface area contributed by atoms with Crippen LogP contribution in [0.5, 0.6) is 0 Å². The SMILES string of the molecule is CCNC(c1cccc(I)c1)c1c(C)cnn1C. The molecule has 96 valence electrons. The molecular formula is C14H18IN3. The third-order valence-corrected chi connectivity index (χ3v) is 3.71. The van der Waals surface area contributed by atoms with E-state index in [9.17, 15) is 0 Å². The molecule has 18 heavy (non-hydrogen) atoms. The largest absolute Gasteiger partial charge is 0.305 e. The maximum Gasteiger partial charge on any atom is 0.0751 e. The topological polar surface area (TPSA) is 29.9 Å². The third kappa shape index (κ3) is 2.75. The summed E-state index contributed by atoms with van der Waals surface area (Å²) < 4.78 is 3.22. The van der Waals surface area contributed by atoms with E-state index in [1.54, 1.807) is 0 Å². The van der Waals surface area contributed by atoms with Gasteiger partial charge in [-0.25, -0.2) is 0 Å². The van der Waals surface area contributed by atoms with Crippen LogP contribution in [0.25, 0.3) is 0 Å². The fourth-order valence-electron chi connectivity index (χ4n) is 2.23. The van der Waals surface area contributed by atoms with Gasteiger partial charge in [0.25, 0.3) is 0 Å². The molecule has 0 fully saturated rings. The average molecular weight is 355 g/mol. The van der Waals surface area contributed by atoms with Crippen LogP contribution < -0.4 is 5.32 Å². The zero-order valence-electron chi connectivity index (χ0n) is 10.9. The predicted molar refractivity (Wildman–Crippen MR) is 82.6 cm³/mol.